The van der Waals surface area contributed by atoms with Crippen molar-refractivity contribution in [2.45, 2.75) is 5.60 Å². The maximum Gasteiger partial charge on any atom is 0.315 e. The molecule has 0 spiro atoms. The summed E-state index contributed by atoms with van der Waals surface area (Å²) < 4.78 is 4.93. The quantitative estimate of drug-likeness (QED) is 0.305. The van der Waals surface area contributed by atoms with Gasteiger partial charge in [-0.05, 0) is 17.2 Å². The molecule has 3 N–H and O–H groups in total. The number of phenols is 1. The van der Waals surface area contributed by atoms with Crippen molar-refractivity contribution in [2.75, 3.05) is 7.11 Å². The molecule has 0 heterocycles. The van der Waals surface area contributed by atoms with Gasteiger partial charge in [-0.3, -0.25) is 14.9 Å². The molecule has 0 unspecified atom stereocenters. The van der Waals surface area contributed by atoms with Gasteiger partial charge in [-0.25, -0.2) is 5.43 Å². The van der Waals surface area contributed by atoms with Gasteiger partial charge in [0, 0.05) is 11.6 Å². The molecule has 0 radical (unpaired) electrons. The van der Waals surface area contributed by atoms with Crippen LogP contribution in [0.4, 0.5) is 5.69 Å². The first-order valence-electron chi connectivity index (χ1n) is 9.10. The fraction of sp³-hybridized carbons (Fsp3) is 0.0909. The highest BCUT2D eigenvalue weighted by Crippen LogP contribution is 2.36. The van der Waals surface area contributed by atoms with Gasteiger partial charge in [0.25, 0.3) is 5.91 Å². The molecule has 0 atom stereocenters. The minimum absolute atomic E-state index is 0.118. The standard InChI is InChI=1S/C22H19N3O6/c1-31-19-13-15(12-18(20(19)26)25(29)30)14-23-24-21(27)22(28,16-8-4-2-5-9-16)17-10-6-3-7-11-17/h2-14,26,28H,1H3,(H,24,27). The zero-order valence-corrected chi connectivity index (χ0v) is 16.4. The number of hydrogen-bond acceptors (Lipinski definition) is 7. The number of aliphatic hydroxyl groups is 1. The van der Waals surface area contributed by atoms with Gasteiger partial charge in [0.15, 0.2) is 11.4 Å². The summed E-state index contributed by atoms with van der Waals surface area (Å²) >= 11 is 0. The summed E-state index contributed by atoms with van der Waals surface area (Å²) in [5.74, 6) is -1.55. The van der Waals surface area contributed by atoms with Crippen molar-refractivity contribution in [3.63, 3.8) is 0 Å². The third-order valence-electron chi connectivity index (χ3n) is 4.59. The van der Waals surface area contributed by atoms with Gasteiger partial charge in [0.05, 0.1) is 18.2 Å². The minimum Gasteiger partial charge on any atom is -0.500 e. The molecule has 158 valence electrons. The first-order valence-corrected chi connectivity index (χ1v) is 9.10. The summed E-state index contributed by atoms with van der Waals surface area (Å²) in [6, 6.07) is 19.2. The molecular formula is C22H19N3O6. The van der Waals surface area contributed by atoms with E-state index in [1.165, 1.54) is 13.2 Å². The Morgan fingerprint density at radius 1 is 1.10 bits per heavy atom. The van der Waals surface area contributed by atoms with Crippen molar-refractivity contribution in [3.05, 3.63) is 99.6 Å². The van der Waals surface area contributed by atoms with E-state index in [9.17, 15) is 25.1 Å². The lowest BCUT2D eigenvalue weighted by molar-refractivity contribution is -0.386. The van der Waals surface area contributed by atoms with Crippen LogP contribution in [0.15, 0.2) is 77.9 Å². The van der Waals surface area contributed by atoms with Gasteiger partial charge < -0.3 is 14.9 Å². The van der Waals surface area contributed by atoms with Crippen LogP contribution in [0.3, 0.4) is 0 Å². The normalized spacial score (nSPS) is 11.3. The monoisotopic (exact) mass is 421 g/mol. The van der Waals surface area contributed by atoms with Crippen LogP contribution in [0.2, 0.25) is 0 Å². The second-order valence-corrected chi connectivity index (χ2v) is 6.49. The topological polar surface area (TPSA) is 134 Å². The van der Waals surface area contributed by atoms with Crippen LogP contribution in [0.5, 0.6) is 11.5 Å². The molecule has 0 bridgehead atoms. The number of carbonyl (C=O) groups is 1. The largest absolute Gasteiger partial charge is 0.500 e. The Bertz CT molecular complexity index is 1080. The van der Waals surface area contributed by atoms with Gasteiger partial charge in [-0.1, -0.05) is 60.7 Å². The van der Waals surface area contributed by atoms with E-state index in [1.54, 1.807) is 60.7 Å². The van der Waals surface area contributed by atoms with Crippen LogP contribution < -0.4 is 10.2 Å². The van der Waals surface area contributed by atoms with Gasteiger partial charge in [-0.15, -0.1) is 0 Å². The number of rotatable bonds is 7. The fourth-order valence-corrected chi connectivity index (χ4v) is 3.02. The zero-order chi connectivity index (χ0) is 22.4. The van der Waals surface area contributed by atoms with E-state index in [2.05, 4.69) is 10.5 Å². The van der Waals surface area contributed by atoms with Gasteiger partial charge >= 0.3 is 5.69 Å². The Labute approximate surface area is 177 Å². The maximum absolute atomic E-state index is 13.0. The number of nitrogens with zero attached hydrogens (tertiary/aromatic N) is 2. The first kappa shape index (κ1) is 21.5. The molecule has 3 rings (SSSR count). The number of carbonyl (C=O) groups excluding carboxylic acids is 1. The highest BCUT2D eigenvalue weighted by molar-refractivity contribution is 5.91. The molecule has 9 nitrogen and oxygen atoms in total. The Morgan fingerprint density at radius 3 is 2.13 bits per heavy atom. The molecule has 0 aromatic heterocycles. The Balaban J connectivity index is 1.91. The SMILES string of the molecule is COc1cc(C=NNC(=O)C(O)(c2ccccc2)c2ccccc2)cc([N+](=O)[O-])c1O. The van der Waals surface area contributed by atoms with Crippen LogP contribution in [0, 0.1) is 10.1 Å². The third-order valence-corrected chi connectivity index (χ3v) is 4.59. The number of nitrogens with one attached hydrogen (secondary N) is 1. The van der Waals surface area contributed by atoms with Gasteiger partial charge in [-0.2, -0.15) is 5.10 Å². The third kappa shape index (κ3) is 4.36. The predicted octanol–water partition coefficient (Wildman–Crippen LogP) is 2.70. The van der Waals surface area contributed by atoms with E-state index in [0.717, 1.165) is 12.3 Å². The number of nitro groups is 1. The highest BCUT2D eigenvalue weighted by Gasteiger charge is 2.39. The van der Waals surface area contributed by atoms with Crippen molar-refractivity contribution >= 4 is 17.8 Å². The van der Waals surface area contributed by atoms with E-state index in [-0.39, 0.29) is 11.3 Å². The number of nitro benzene ring substituents is 1. The summed E-state index contributed by atoms with van der Waals surface area (Å²) in [4.78, 5) is 23.3. The van der Waals surface area contributed by atoms with Crippen molar-refractivity contribution in [1.82, 2.24) is 5.43 Å². The summed E-state index contributed by atoms with van der Waals surface area (Å²) in [5.41, 5.74) is 0.575. The number of hydrogen-bond donors (Lipinski definition) is 3. The van der Waals surface area contributed by atoms with Crippen LogP contribution in [0.25, 0.3) is 0 Å². The zero-order valence-electron chi connectivity index (χ0n) is 16.4. The number of phenolic OH excluding ortho intramolecular Hbond substituents is 1. The van der Waals surface area contributed by atoms with Crippen molar-refractivity contribution in [1.29, 1.82) is 0 Å². The van der Waals surface area contributed by atoms with Crippen LogP contribution in [-0.2, 0) is 10.4 Å². The Hall–Kier alpha value is -4.24. The molecule has 0 saturated carbocycles. The van der Waals surface area contributed by atoms with Crippen LogP contribution in [0.1, 0.15) is 16.7 Å². The minimum atomic E-state index is -2.02. The molecule has 0 aliphatic heterocycles. The summed E-state index contributed by atoms with van der Waals surface area (Å²) in [5, 5.41) is 36.1. The molecular weight excluding hydrogens is 402 g/mol. The van der Waals surface area contributed by atoms with Crippen LogP contribution >= 0.6 is 0 Å². The number of hydrazone groups is 1. The van der Waals surface area contributed by atoms with Crippen molar-refractivity contribution < 1.29 is 24.7 Å². The van der Waals surface area contributed by atoms with Crippen LogP contribution in [-0.4, -0.2) is 34.4 Å². The van der Waals surface area contributed by atoms with Crippen molar-refractivity contribution in [2.24, 2.45) is 5.10 Å². The van der Waals surface area contributed by atoms with E-state index >= 15 is 0 Å². The second-order valence-electron chi connectivity index (χ2n) is 6.49. The number of methoxy groups -OCH3 is 1. The lowest BCUT2D eigenvalue weighted by atomic mass is 9.85. The number of aromatic hydroxyl groups is 1. The molecule has 0 aliphatic carbocycles. The lowest BCUT2D eigenvalue weighted by Crippen LogP contribution is -2.43. The molecule has 3 aromatic rings. The summed E-state index contributed by atoms with van der Waals surface area (Å²) in [6.07, 6.45) is 1.14. The average Bonchev–Trinajstić information content (AvgIpc) is 2.80. The highest BCUT2D eigenvalue weighted by atomic mass is 16.6. The van der Waals surface area contributed by atoms with Crippen molar-refractivity contribution in [3.8, 4) is 11.5 Å². The number of benzene rings is 3. The average molecular weight is 421 g/mol. The van der Waals surface area contributed by atoms with E-state index < -0.39 is 27.9 Å². The summed E-state index contributed by atoms with van der Waals surface area (Å²) in [7, 11) is 1.25. The predicted molar refractivity (Wildman–Crippen MR) is 113 cm³/mol. The van der Waals surface area contributed by atoms with Gasteiger partial charge in [0.2, 0.25) is 5.75 Å². The van der Waals surface area contributed by atoms with Gasteiger partial charge in [0.1, 0.15) is 0 Å². The van der Waals surface area contributed by atoms with E-state index in [4.69, 9.17) is 4.74 Å². The Kier molecular flexibility index (Phi) is 6.27. The number of ether oxygens (including phenoxy) is 1. The fourth-order valence-electron chi connectivity index (χ4n) is 3.02. The van der Waals surface area contributed by atoms with E-state index in [1.807, 2.05) is 0 Å². The Morgan fingerprint density at radius 2 is 1.65 bits per heavy atom. The molecule has 31 heavy (non-hydrogen) atoms. The summed E-state index contributed by atoms with van der Waals surface area (Å²) in [6.45, 7) is 0. The first-order chi connectivity index (χ1) is 14.9. The maximum atomic E-state index is 13.0. The molecule has 0 saturated heterocycles. The number of amides is 1. The van der Waals surface area contributed by atoms with E-state index in [0.29, 0.717) is 11.1 Å². The lowest BCUT2D eigenvalue weighted by Gasteiger charge is -2.27. The molecule has 1 amide bonds. The smallest absolute Gasteiger partial charge is 0.315 e. The molecule has 0 aliphatic rings. The molecule has 0 fully saturated rings. The molecule has 3 aromatic carbocycles. The molecule has 9 heteroatoms. The second kappa shape index (κ2) is 9.06.